The number of benzene rings is 1. The van der Waals surface area contributed by atoms with Crippen molar-refractivity contribution in [2.75, 3.05) is 13.2 Å². The molecule has 1 aliphatic heterocycles. The second-order valence-corrected chi connectivity index (χ2v) is 5.36. The molecule has 0 radical (unpaired) electrons. The quantitative estimate of drug-likeness (QED) is 0.885. The van der Waals surface area contributed by atoms with Crippen LogP contribution in [-0.2, 0) is 12.8 Å². The fourth-order valence-corrected chi connectivity index (χ4v) is 2.83. The molecule has 4 nitrogen and oxygen atoms in total. The Morgan fingerprint density at radius 3 is 2.95 bits per heavy atom. The van der Waals surface area contributed by atoms with E-state index in [2.05, 4.69) is 40.4 Å². The summed E-state index contributed by atoms with van der Waals surface area (Å²) in [5.74, 6) is 1.05. The van der Waals surface area contributed by atoms with Gasteiger partial charge in [0.2, 0.25) is 0 Å². The number of nitrogens with one attached hydrogen (secondary N) is 1. The van der Waals surface area contributed by atoms with Gasteiger partial charge in [0.15, 0.2) is 0 Å². The molecular weight excluding hydrogens is 262 g/mol. The van der Waals surface area contributed by atoms with E-state index in [9.17, 15) is 0 Å². The summed E-state index contributed by atoms with van der Waals surface area (Å²) in [5.41, 5.74) is 3.87. The van der Waals surface area contributed by atoms with Crippen LogP contribution in [-0.4, -0.2) is 23.1 Å². The summed E-state index contributed by atoms with van der Waals surface area (Å²) in [7, 11) is 0. The Morgan fingerprint density at radius 1 is 1.29 bits per heavy atom. The lowest BCUT2D eigenvalue weighted by Crippen LogP contribution is -2.21. The van der Waals surface area contributed by atoms with Crippen LogP contribution in [0.15, 0.2) is 36.9 Å². The van der Waals surface area contributed by atoms with E-state index in [1.165, 1.54) is 11.1 Å². The van der Waals surface area contributed by atoms with E-state index in [0.717, 1.165) is 43.7 Å². The van der Waals surface area contributed by atoms with Gasteiger partial charge in [-0.25, -0.2) is 9.97 Å². The summed E-state index contributed by atoms with van der Waals surface area (Å²) in [6, 6.07) is 6.87. The van der Waals surface area contributed by atoms with E-state index in [4.69, 9.17) is 4.74 Å². The predicted octanol–water partition coefficient (Wildman–Crippen LogP) is 2.69. The molecule has 21 heavy (non-hydrogen) atoms. The first-order valence-electron chi connectivity index (χ1n) is 7.59. The fraction of sp³-hybridized carbons (Fsp3) is 0.412. The zero-order chi connectivity index (χ0) is 14.5. The number of hydrogen-bond acceptors (Lipinski definition) is 4. The molecule has 1 aromatic carbocycles. The monoisotopic (exact) mass is 283 g/mol. The molecule has 1 aliphatic rings. The first-order valence-corrected chi connectivity index (χ1v) is 7.59. The molecule has 4 heteroatoms. The van der Waals surface area contributed by atoms with E-state index in [1.807, 2.05) is 12.4 Å². The molecule has 0 fully saturated rings. The van der Waals surface area contributed by atoms with Crippen LogP contribution < -0.4 is 10.1 Å². The van der Waals surface area contributed by atoms with Crippen LogP contribution in [0, 0.1) is 0 Å². The van der Waals surface area contributed by atoms with Crippen LogP contribution >= 0.6 is 0 Å². The predicted molar refractivity (Wildman–Crippen MR) is 82.4 cm³/mol. The SMILES string of the molecule is CCNC(CCc1ccc2c(c1)CCO2)c1cncnc1. The van der Waals surface area contributed by atoms with Gasteiger partial charge < -0.3 is 10.1 Å². The highest BCUT2D eigenvalue weighted by molar-refractivity contribution is 5.39. The Morgan fingerprint density at radius 2 is 2.14 bits per heavy atom. The minimum Gasteiger partial charge on any atom is -0.493 e. The average molecular weight is 283 g/mol. The minimum atomic E-state index is 0.306. The van der Waals surface area contributed by atoms with Crippen molar-refractivity contribution in [3.63, 3.8) is 0 Å². The Hall–Kier alpha value is -1.94. The maximum absolute atomic E-state index is 5.56. The van der Waals surface area contributed by atoms with Gasteiger partial charge in [-0.1, -0.05) is 19.1 Å². The molecule has 0 saturated heterocycles. The number of fused-ring (bicyclic) bond motifs is 1. The zero-order valence-electron chi connectivity index (χ0n) is 12.4. The van der Waals surface area contributed by atoms with Crippen LogP contribution in [0.2, 0.25) is 0 Å². The highest BCUT2D eigenvalue weighted by Gasteiger charge is 2.14. The lowest BCUT2D eigenvalue weighted by atomic mass is 9.99. The molecule has 0 amide bonds. The Labute approximate surface area is 125 Å². The van der Waals surface area contributed by atoms with Crippen LogP contribution in [0.5, 0.6) is 5.75 Å². The van der Waals surface area contributed by atoms with Crippen molar-refractivity contribution in [3.05, 3.63) is 53.6 Å². The lowest BCUT2D eigenvalue weighted by molar-refractivity contribution is 0.357. The van der Waals surface area contributed by atoms with Gasteiger partial charge in [-0.05, 0) is 36.6 Å². The third-order valence-corrected chi connectivity index (χ3v) is 3.91. The molecule has 2 aromatic rings. The number of aryl methyl sites for hydroxylation is 1. The van der Waals surface area contributed by atoms with E-state index < -0.39 is 0 Å². The van der Waals surface area contributed by atoms with Crippen molar-refractivity contribution >= 4 is 0 Å². The highest BCUT2D eigenvalue weighted by Crippen LogP contribution is 2.27. The van der Waals surface area contributed by atoms with Gasteiger partial charge in [0.25, 0.3) is 0 Å². The van der Waals surface area contributed by atoms with Gasteiger partial charge in [-0.15, -0.1) is 0 Å². The smallest absolute Gasteiger partial charge is 0.122 e. The van der Waals surface area contributed by atoms with E-state index >= 15 is 0 Å². The molecule has 0 bridgehead atoms. The Kier molecular flexibility index (Phi) is 4.46. The number of ether oxygens (including phenoxy) is 1. The lowest BCUT2D eigenvalue weighted by Gasteiger charge is -2.17. The topological polar surface area (TPSA) is 47.0 Å². The van der Waals surface area contributed by atoms with Crippen molar-refractivity contribution in [3.8, 4) is 5.75 Å². The van der Waals surface area contributed by atoms with Gasteiger partial charge >= 0.3 is 0 Å². The highest BCUT2D eigenvalue weighted by atomic mass is 16.5. The second kappa shape index (κ2) is 6.68. The standard InChI is InChI=1S/C17H21N3O/c1-2-20-16(15-10-18-12-19-11-15)5-3-13-4-6-17-14(9-13)7-8-21-17/h4,6,9-12,16,20H,2-3,5,7-8H2,1H3. The van der Waals surface area contributed by atoms with Crippen molar-refractivity contribution in [2.24, 2.45) is 0 Å². The number of hydrogen-bond donors (Lipinski definition) is 1. The molecule has 110 valence electrons. The number of aromatic nitrogens is 2. The van der Waals surface area contributed by atoms with Gasteiger partial charge in [0.1, 0.15) is 12.1 Å². The van der Waals surface area contributed by atoms with Gasteiger partial charge in [0.05, 0.1) is 6.61 Å². The van der Waals surface area contributed by atoms with E-state index in [0.29, 0.717) is 6.04 Å². The van der Waals surface area contributed by atoms with Gasteiger partial charge in [-0.2, -0.15) is 0 Å². The maximum Gasteiger partial charge on any atom is 0.122 e. The average Bonchev–Trinajstić information content (AvgIpc) is 3.00. The molecule has 2 heterocycles. The maximum atomic E-state index is 5.56. The summed E-state index contributed by atoms with van der Waals surface area (Å²) < 4.78 is 5.56. The first-order chi connectivity index (χ1) is 10.4. The normalized spacial score (nSPS) is 14.5. The molecule has 0 spiro atoms. The summed E-state index contributed by atoms with van der Waals surface area (Å²) in [5, 5.41) is 3.52. The minimum absolute atomic E-state index is 0.306. The van der Waals surface area contributed by atoms with Gasteiger partial charge in [-0.3, -0.25) is 0 Å². The Bertz CT molecular complexity index is 586. The third-order valence-electron chi connectivity index (χ3n) is 3.91. The molecule has 1 atom stereocenters. The fourth-order valence-electron chi connectivity index (χ4n) is 2.83. The van der Waals surface area contributed by atoms with Crippen LogP contribution in [0.25, 0.3) is 0 Å². The summed E-state index contributed by atoms with van der Waals surface area (Å²) in [6.07, 6.45) is 8.49. The molecular formula is C17H21N3O. The van der Waals surface area contributed by atoms with Crippen molar-refractivity contribution < 1.29 is 4.74 Å². The van der Waals surface area contributed by atoms with E-state index in [-0.39, 0.29) is 0 Å². The summed E-state index contributed by atoms with van der Waals surface area (Å²) in [6.45, 7) is 3.89. The van der Waals surface area contributed by atoms with E-state index in [1.54, 1.807) is 6.33 Å². The second-order valence-electron chi connectivity index (χ2n) is 5.36. The molecule has 0 aliphatic carbocycles. The van der Waals surface area contributed by atoms with Crippen molar-refractivity contribution in [1.82, 2.24) is 15.3 Å². The zero-order valence-corrected chi connectivity index (χ0v) is 12.4. The number of rotatable bonds is 6. The van der Waals surface area contributed by atoms with Gasteiger partial charge in [0, 0.05) is 30.4 Å². The van der Waals surface area contributed by atoms with Crippen LogP contribution in [0.3, 0.4) is 0 Å². The Balaban J connectivity index is 1.67. The molecule has 1 aromatic heterocycles. The van der Waals surface area contributed by atoms with Crippen LogP contribution in [0.4, 0.5) is 0 Å². The third kappa shape index (κ3) is 3.39. The van der Waals surface area contributed by atoms with Crippen molar-refractivity contribution in [2.45, 2.75) is 32.2 Å². The molecule has 1 unspecified atom stereocenters. The van der Waals surface area contributed by atoms with Crippen molar-refractivity contribution in [1.29, 1.82) is 0 Å². The molecule has 3 rings (SSSR count). The number of nitrogens with zero attached hydrogens (tertiary/aromatic N) is 2. The summed E-state index contributed by atoms with van der Waals surface area (Å²) in [4.78, 5) is 8.24. The largest absolute Gasteiger partial charge is 0.493 e. The first kappa shape index (κ1) is 14.0. The molecule has 0 saturated carbocycles. The summed E-state index contributed by atoms with van der Waals surface area (Å²) >= 11 is 0. The van der Waals surface area contributed by atoms with Crippen LogP contribution in [0.1, 0.15) is 36.1 Å². The molecule has 1 N–H and O–H groups in total.